The molecule has 26 heavy (non-hydrogen) atoms. The highest BCUT2D eigenvalue weighted by molar-refractivity contribution is 5.92. The first-order valence-electron chi connectivity index (χ1n) is 9.21. The van der Waals surface area contributed by atoms with Gasteiger partial charge in [-0.05, 0) is 25.3 Å². The van der Waals surface area contributed by atoms with Crippen molar-refractivity contribution in [3.63, 3.8) is 0 Å². The minimum Gasteiger partial charge on any atom is -0.472 e. The van der Waals surface area contributed by atoms with Crippen LogP contribution in [0.3, 0.4) is 0 Å². The standard InChI is InChI=1S/C18H24N6O2/c1-22-15(5-7-21-22)18(25)24-10-6-14(12-24)26-17-11-16(19-13-20-17)23-8-3-2-4-9-23/h5,7,11,13-14H,2-4,6,8-10,12H2,1H3/t14-/m0/s1. The van der Waals surface area contributed by atoms with Gasteiger partial charge in [-0.15, -0.1) is 0 Å². The molecule has 0 aliphatic carbocycles. The van der Waals surface area contributed by atoms with Gasteiger partial charge in [-0.1, -0.05) is 0 Å². The lowest BCUT2D eigenvalue weighted by Crippen LogP contribution is -2.32. The van der Waals surface area contributed by atoms with E-state index in [1.807, 2.05) is 11.0 Å². The molecule has 2 saturated heterocycles. The molecule has 8 nitrogen and oxygen atoms in total. The number of aryl methyl sites for hydroxylation is 1. The largest absolute Gasteiger partial charge is 0.472 e. The average Bonchev–Trinajstić information content (AvgIpc) is 3.31. The van der Waals surface area contributed by atoms with Crippen LogP contribution >= 0.6 is 0 Å². The quantitative estimate of drug-likeness (QED) is 0.826. The molecular formula is C18H24N6O2. The second-order valence-electron chi connectivity index (χ2n) is 6.88. The number of anilines is 1. The van der Waals surface area contributed by atoms with E-state index in [1.54, 1.807) is 30.3 Å². The molecule has 2 aliphatic rings. The number of aromatic nitrogens is 4. The number of carbonyl (C=O) groups excluding carboxylic acids is 1. The summed E-state index contributed by atoms with van der Waals surface area (Å²) in [7, 11) is 1.78. The molecule has 0 unspecified atom stereocenters. The van der Waals surface area contributed by atoms with Crippen molar-refractivity contribution in [2.24, 2.45) is 7.05 Å². The zero-order chi connectivity index (χ0) is 17.9. The average molecular weight is 356 g/mol. The van der Waals surface area contributed by atoms with Crippen molar-refractivity contribution in [1.29, 1.82) is 0 Å². The molecule has 2 aliphatic heterocycles. The van der Waals surface area contributed by atoms with Gasteiger partial charge >= 0.3 is 0 Å². The van der Waals surface area contributed by atoms with Gasteiger partial charge in [0.15, 0.2) is 0 Å². The van der Waals surface area contributed by atoms with Gasteiger partial charge in [0.05, 0.1) is 6.54 Å². The Balaban J connectivity index is 1.38. The fourth-order valence-electron chi connectivity index (χ4n) is 3.62. The molecule has 0 saturated carbocycles. The Kier molecular flexibility index (Phi) is 4.73. The van der Waals surface area contributed by atoms with Crippen LogP contribution in [0.4, 0.5) is 5.82 Å². The van der Waals surface area contributed by atoms with Crippen molar-refractivity contribution < 1.29 is 9.53 Å². The smallest absolute Gasteiger partial charge is 0.272 e. The Bertz CT molecular complexity index is 771. The highest BCUT2D eigenvalue weighted by atomic mass is 16.5. The Hall–Kier alpha value is -2.64. The first kappa shape index (κ1) is 16.8. The number of carbonyl (C=O) groups is 1. The maximum Gasteiger partial charge on any atom is 0.272 e. The third-order valence-corrected chi connectivity index (χ3v) is 5.07. The number of hydrogen-bond acceptors (Lipinski definition) is 6. The number of amides is 1. The van der Waals surface area contributed by atoms with Crippen LogP contribution in [0.25, 0.3) is 0 Å². The van der Waals surface area contributed by atoms with Crippen molar-refractivity contribution in [3.8, 4) is 5.88 Å². The molecule has 4 rings (SSSR count). The van der Waals surface area contributed by atoms with Gasteiger partial charge in [0.2, 0.25) is 5.88 Å². The molecule has 1 amide bonds. The molecule has 0 N–H and O–H groups in total. The number of nitrogens with zero attached hydrogens (tertiary/aromatic N) is 6. The summed E-state index contributed by atoms with van der Waals surface area (Å²) >= 11 is 0. The summed E-state index contributed by atoms with van der Waals surface area (Å²) in [5.74, 6) is 1.50. The van der Waals surface area contributed by atoms with Crippen LogP contribution in [-0.4, -0.2) is 62.8 Å². The van der Waals surface area contributed by atoms with E-state index in [0.29, 0.717) is 24.7 Å². The summed E-state index contributed by atoms with van der Waals surface area (Å²) in [5.41, 5.74) is 0.597. The molecule has 2 aromatic rings. The molecular weight excluding hydrogens is 332 g/mol. The van der Waals surface area contributed by atoms with Crippen molar-refractivity contribution in [2.45, 2.75) is 31.8 Å². The monoisotopic (exact) mass is 356 g/mol. The number of ether oxygens (including phenoxy) is 1. The fourth-order valence-corrected chi connectivity index (χ4v) is 3.62. The number of piperidine rings is 1. The second kappa shape index (κ2) is 7.31. The van der Waals surface area contributed by atoms with Gasteiger partial charge in [0.1, 0.15) is 23.9 Å². The van der Waals surface area contributed by atoms with E-state index < -0.39 is 0 Å². The first-order chi connectivity index (χ1) is 12.7. The summed E-state index contributed by atoms with van der Waals surface area (Å²) in [5, 5.41) is 4.07. The molecule has 1 atom stereocenters. The van der Waals surface area contributed by atoms with E-state index in [1.165, 1.54) is 19.3 Å². The Morgan fingerprint density at radius 3 is 2.81 bits per heavy atom. The predicted octanol–water partition coefficient (Wildman–Crippen LogP) is 1.49. The molecule has 4 heterocycles. The van der Waals surface area contributed by atoms with Gasteiger partial charge in [-0.25, -0.2) is 9.97 Å². The summed E-state index contributed by atoms with van der Waals surface area (Å²) < 4.78 is 7.64. The van der Waals surface area contributed by atoms with E-state index >= 15 is 0 Å². The Morgan fingerprint density at radius 2 is 2.04 bits per heavy atom. The van der Waals surface area contributed by atoms with Crippen LogP contribution in [0, 0.1) is 0 Å². The summed E-state index contributed by atoms with van der Waals surface area (Å²) in [6.45, 7) is 3.31. The van der Waals surface area contributed by atoms with E-state index in [2.05, 4.69) is 20.0 Å². The minimum absolute atomic E-state index is 0.00667. The van der Waals surface area contributed by atoms with Crippen molar-refractivity contribution in [2.75, 3.05) is 31.1 Å². The van der Waals surface area contributed by atoms with Gasteiger partial charge in [0, 0.05) is 45.4 Å². The van der Waals surface area contributed by atoms with E-state index in [9.17, 15) is 4.79 Å². The van der Waals surface area contributed by atoms with Gasteiger partial charge < -0.3 is 14.5 Å². The normalized spacial score (nSPS) is 20.4. The molecule has 8 heteroatoms. The number of rotatable bonds is 4. The molecule has 2 aromatic heterocycles. The van der Waals surface area contributed by atoms with Gasteiger partial charge in [-0.3, -0.25) is 9.48 Å². The maximum atomic E-state index is 12.6. The third kappa shape index (κ3) is 3.49. The summed E-state index contributed by atoms with van der Waals surface area (Å²) in [6.07, 6.45) is 7.64. The van der Waals surface area contributed by atoms with E-state index in [-0.39, 0.29) is 12.0 Å². The van der Waals surface area contributed by atoms with Crippen LogP contribution in [0.15, 0.2) is 24.7 Å². The van der Waals surface area contributed by atoms with E-state index in [4.69, 9.17) is 4.74 Å². The topological polar surface area (TPSA) is 76.4 Å². The minimum atomic E-state index is -0.0451. The molecule has 0 radical (unpaired) electrons. The molecule has 0 bridgehead atoms. The van der Waals surface area contributed by atoms with Gasteiger partial charge in [-0.2, -0.15) is 5.10 Å². The lowest BCUT2D eigenvalue weighted by molar-refractivity contribution is 0.0760. The summed E-state index contributed by atoms with van der Waals surface area (Å²) in [6, 6.07) is 3.66. The lowest BCUT2D eigenvalue weighted by Gasteiger charge is -2.27. The van der Waals surface area contributed by atoms with Crippen LogP contribution in [-0.2, 0) is 7.05 Å². The second-order valence-corrected chi connectivity index (χ2v) is 6.88. The van der Waals surface area contributed by atoms with Crippen LogP contribution in [0.1, 0.15) is 36.2 Å². The van der Waals surface area contributed by atoms with Crippen molar-refractivity contribution >= 4 is 11.7 Å². The van der Waals surface area contributed by atoms with Crippen LogP contribution in [0.2, 0.25) is 0 Å². The number of likely N-dealkylation sites (tertiary alicyclic amines) is 1. The van der Waals surface area contributed by atoms with Gasteiger partial charge in [0.25, 0.3) is 5.91 Å². The van der Waals surface area contributed by atoms with E-state index in [0.717, 1.165) is 25.3 Å². The van der Waals surface area contributed by atoms with Crippen LogP contribution in [0.5, 0.6) is 5.88 Å². The molecule has 0 aromatic carbocycles. The highest BCUT2D eigenvalue weighted by Gasteiger charge is 2.30. The Labute approximate surface area is 152 Å². The predicted molar refractivity (Wildman–Crippen MR) is 96.2 cm³/mol. The van der Waals surface area contributed by atoms with Crippen molar-refractivity contribution in [1.82, 2.24) is 24.6 Å². The first-order valence-corrected chi connectivity index (χ1v) is 9.21. The zero-order valence-corrected chi connectivity index (χ0v) is 15.0. The molecule has 138 valence electrons. The SMILES string of the molecule is Cn1nccc1C(=O)N1CC[C@H](Oc2cc(N3CCCCC3)ncn2)C1. The zero-order valence-electron chi connectivity index (χ0n) is 15.0. The van der Waals surface area contributed by atoms with Crippen LogP contribution < -0.4 is 9.64 Å². The summed E-state index contributed by atoms with van der Waals surface area (Å²) in [4.78, 5) is 25.3. The Morgan fingerprint density at radius 1 is 1.19 bits per heavy atom. The molecule has 2 fully saturated rings. The fraction of sp³-hybridized carbons (Fsp3) is 0.556. The lowest BCUT2D eigenvalue weighted by atomic mass is 10.1. The highest BCUT2D eigenvalue weighted by Crippen LogP contribution is 2.23. The maximum absolute atomic E-state index is 12.6. The molecule has 0 spiro atoms. The number of hydrogen-bond donors (Lipinski definition) is 0. The van der Waals surface area contributed by atoms with Crippen molar-refractivity contribution in [3.05, 3.63) is 30.4 Å². The third-order valence-electron chi connectivity index (χ3n) is 5.07.